The maximum Gasteiger partial charge on any atom is 0.137 e. The molecule has 0 aliphatic rings. The number of rotatable bonds is 6. The number of hydrogen-bond donors (Lipinski definition) is 1. The van der Waals surface area contributed by atoms with E-state index < -0.39 is 0 Å². The van der Waals surface area contributed by atoms with Crippen molar-refractivity contribution in [3.63, 3.8) is 0 Å². The molecule has 0 spiro atoms. The molecule has 2 atom stereocenters. The number of hydrogen-bond acceptors (Lipinski definition) is 2. The molecule has 20 heavy (non-hydrogen) atoms. The second kappa shape index (κ2) is 6.45. The molecule has 0 radical (unpaired) electrons. The minimum atomic E-state index is 0.432. The maximum absolute atomic E-state index is 6.08. The Morgan fingerprint density at radius 3 is 2.50 bits per heavy atom. The third-order valence-corrected chi connectivity index (χ3v) is 4.08. The van der Waals surface area contributed by atoms with Gasteiger partial charge in [0.05, 0.1) is 0 Å². The molecule has 2 unspecified atom stereocenters. The standard InChI is InChI=1S/C18H27NO/c1-12(2)10-19-11-14(4)15(5)17-9-16-8-6-7-13(3)18(16)20-17/h6-9,12,14-15,19H,10-11H2,1-5H3. The van der Waals surface area contributed by atoms with Crippen molar-refractivity contribution in [2.75, 3.05) is 13.1 Å². The Kier molecular flexibility index (Phi) is 4.87. The average Bonchev–Trinajstić information content (AvgIpc) is 2.82. The van der Waals surface area contributed by atoms with Crippen LogP contribution < -0.4 is 5.32 Å². The van der Waals surface area contributed by atoms with Gasteiger partial charge < -0.3 is 9.73 Å². The first-order valence-electron chi connectivity index (χ1n) is 7.68. The summed E-state index contributed by atoms with van der Waals surface area (Å²) in [5.41, 5.74) is 2.25. The van der Waals surface area contributed by atoms with Crippen LogP contribution in [0, 0.1) is 18.8 Å². The van der Waals surface area contributed by atoms with E-state index in [1.54, 1.807) is 0 Å². The summed E-state index contributed by atoms with van der Waals surface area (Å²) in [6, 6.07) is 8.53. The normalized spacial score (nSPS) is 14.9. The molecule has 1 aromatic carbocycles. The van der Waals surface area contributed by atoms with Crippen LogP contribution in [0.5, 0.6) is 0 Å². The van der Waals surface area contributed by atoms with Crippen LogP contribution in [0.25, 0.3) is 11.0 Å². The molecule has 0 saturated carbocycles. The largest absolute Gasteiger partial charge is 0.461 e. The van der Waals surface area contributed by atoms with Crippen LogP contribution in [0.15, 0.2) is 28.7 Å². The van der Waals surface area contributed by atoms with E-state index in [-0.39, 0.29) is 0 Å². The van der Waals surface area contributed by atoms with Gasteiger partial charge in [0.1, 0.15) is 11.3 Å². The van der Waals surface area contributed by atoms with Gasteiger partial charge >= 0.3 is 0 Å². The molecule has 0 aliphatic carbocycles. The van der Waals surface area contributed by atoms with Gasteiger partial charge in [0.2, 0.25) is 0 Å². The third kappa shape index (κ3) is 3.43. The van der Waals surface area contributed by atoms with Gasteiger partial charge in [0.15, 0.2) is 0 Å². The lowest BCUT2D eigenvalue weighted by atomic mass is 9.93. The zero-order chi connectivity index (χ0) is 14.7. The van der Waals surface area contributed by atoms with Crippen LogP contribution in [0.4, 0.5) is 0 Å². The van der Waals surface area contributed by atoms with Crippen LogP contribution in [-0.2, 0) is 0 Å². The van der Waals surface area contributed by atoms with Crippen LogP contribution in [0.2, 0.25) is 0 Å². The molecule has 0 fully saturated rings. The SMILES string of the molecule is Cc1cccc2cc(C(C)C(C)CNCC(C)C)oc12. The Labute approximate surface area is 122 Å². The van der Waals surface area contributed by atoms with Gasteiger partial charge in [0, 0.05) is 11.3 Å². The molecule has 0 saturated heterocycles. The Bertz CT molecular complexity index is 556. The van der Waals surface area contributed by atoms with Gasteiger partial charge in [-0.25, -0.2) is 0 Å². The predicted molar refractivity (Wildman–Crippen MR) is 86.2 cm³/mol. The van der Waals surface area contributed by atoms with Crippen molar-refractivity contribution in [2.24, 2.45) is 11.8 Å². The van der Waals surface area contributed by atoms with E-state index in [1.165, 1.54) is 10.9 Å². The van der Waals surface area contributed by atoms with Crippen molar-refractivity contribution < 1.29 is 4.42 Å². The number of furan rings is 1. The van der Waals surface area contributed by atoms with Crippen LogP contribution >= 0.6 is 0 Å². The summed E-state index contributed by atoms with van der Waals surface area (Å²) < 4.78 is 6.08. The first kappa shape index (κ1) is 15.1. The maximum atomic E-state index is 6.08. The molecule has 1 aromatic heterocycles. The Morgan fingerprint density at radius 2 is 1.85 bits per heavy atom. The van der Waals surface area contributed by atoms with E-state index in [0.717, 1.165) is 24.4 Å². The summed E-state index contributed by atoms with van der Waals surface area (Å²) in [6.07, 6.45) is 0. The molecule has 110 valence electrons. The fourth-order valence-electron chi connectivity index (χ4n) is 2.51. The predicted octanol–water partition coefficient (Wildman–Crippen LogP) is 4.73. The lowest BCUT2D eigenvalue weighted by Gasteiger charge is -2.19. The highest BCUT2D eigenvalue weighted by Crippen LogP contribution is 2.30. The van der Waals surface area contributed by atoms with Crippen molar-refractivity contribution >= 4 is 11.0 Å². The lowest BCUT2D eigenvalue weighted by molar-refractivity contribution is 0.382. The van der Waals surface area contributed by atoms with E-state index in [9.17, 15) is 0 Å². The molecule has 2 nitrogen and oxygen atoms in total. The van der Waals surface area contributed by atoms with Crippen molar-refractivity contribution in [2.45, 2.75) is 40.5 Å². The molecule has 0 bridgehead atoms. The monoisotopic (exact) mass is 273 g/mol. The van der Waals surface area contributed by atoms with E-state index >= 15 is 0 Å². The van der Waals surface area contributed by atoms with Gasteiger partial charge in [-0.05, 0) is 43.5 Å². The van der Waals surface area contributed by atoms with Gasteiger partial charge in [0.25, 0.3) is 0 Å². The van der Waals surface area contributed by atoms with E-state index in [4.69, 9.17) is 4.42 Å². The summed E-state index contributed by atoms with van der Waals surface area (Å²) in [4.78, 5) is 0. The summed E-state index contributed by atoms with van der Waals surface area (Å²) >= 11 is 0. The van der Waals surface area contributed by atoms with Gasteiger partial charge in [-0.2, -0.15) is 0 Å². The first-order chi connectivity index (χ1) is 9.49. The Morgan fingerprint density at radius 1 is 1.10 bits per heavy atom. The van der Waals surface area contributed by atoms with Crippen molar-refractivity contribution in [1.82, 2.24) is 5.32 Å². The van der Waals surface area contributed by atoms with Crippen LogP contribution in [0.3, 0.4) is 0 Å². The number of nitrogens with one attached hydrogen (secondary N) is 1. The van der Waals surface area contributed by atoms with Crippen molar-refractivity contribution in [3.8, 4) is 0 Å². The Balaban J connectivity index is 2.06. The summed E-state index contributed by atoms with van der Waals surface area (Å²) in [5, 5.41) is 4.76. The number of benzene rings is 1. The highest BCUT2D eigenvalue weighted by Gasteiger charge is 2.18. The van der Waals surface area contributed by atoms with E-state index in [2.05, 4.69) is 64.2 Å². The molecule has 2 aromatic rings. The molecule has 1 heterocycles. The number of fused-ring (bicyclic) bond motifs is 1. The fourth-order valence-corrected chi connectivity index (χ4v) is 2.51. The topological polar surface area (TPSA) is 25.2 Å². The summed E-state index contributed by atoms with van der Waals surface area (Å²) in [7, 11) is 0. The van der Waals surface area contributed by atoms with Crippen LogP contribution in [-0.4, -0.2) is 13.1 Å². The molecular weight excluding hydrogens is 246 g/mol. The average molecular weight is 273 g/mol. The first-order valence-corrected chi connectivity index (χ1v) is 7.68. The second-order valence-corrected chi connectivity index (χ2v) is 6.46. The molecular formula is C18H27NO. The van der Waals surface area contributed by atoms with Crippen molar-refractivity contribution in [1.29, 1.82) is 0 Å². The number of aryl methyl sites for hydroxylation is 1. The summed E-state index contributed by atoms with van der Waals surface area (Å²) in [6.45, 7) is 13.2. The smallest absolute Gasteiger partial charge is 0.137 e. The molecule has 1 N–H and O–H groups in total. The summed E-state index contributed by atoms with van der Waals surface area (Å²) in [5.74, 6) is 2.80. The zero-order valence-corrected chi connectivity index (χ0v) is 13.4. The van der Waals surface area contributed by atoms with Crippen molar-refractivity contribution in [3.05, 3.63) is 35.6 Å². The number of para-hydroxylation sites is 1. The minimum absolute atomic E-state index is 0.432. The molecule has 0 amide bonds. The molecule has 0 aliphatic heterocycles. The van der Waals surface area contributed by atoms with Gasteiger partial charge in [-0.1, -0.05) is 45.9 Å². The lowest BCUT2D eigenvalue weighted by Crippen LogP contribution is -2.27. The zero-order valence-electron chi connectivity index (χ0n) is 13.4. The van der Waals surface area contributed by atoms with Gasteiger partial charge in [-0.3, -0.25) is 0 Å². The highest BCUT2D eigenvalue weighted by atomic mass is 16.3. The van der Waals surface area contributed by atoms with Gasteiger partial charge in [-0.15, -0.1) is 0 Å². The third-order valence-electron chi connectivity index (χ3n) is 4.08. The molecule has 2 rings (SSSR count). The molecule has 2 heteroatoms. The van der Waals surface area contributed by atoms with E-state index in [1.807, 2.05) is 0 Å². The Hall–Kier alpha value is -1.28. The van der Waals surface area contributed by atoms with Crippen LogP contribution in [0.1, 0.15) is 44.9 Å². The highest BCUT2D eigenvalue weighted by molar-refractivity contribution is 5.81. The van der Waals surface area contributed by atoms with E-state index in [0.29, 0.717) is 17.8 Å². The second-order valence-electron chi connectivity index (χ2n) is 6.46. The minimum Gasteiger partial charge on any atom is -0.461 e. The fraction of sp³-hybridized carbons (Fsp3) is 0.556. The quantitative estimate of drug-likeness (QED) is 0.823.